The van der Waals surface area contributed by atoms with Gasteiger partial charge in [0.25, 0.3) is 0 Å². The van der Waals surface area contributed by atoms with Gasteiger partial charge in [0.2, 0.25) is 0 Å². The molecule has 0 aliphatic carbocycles. The highest BCUT2D eigenvalue weighted by molar-refractivity contribution is 5.53. The van der Waals surface area contributed by atoms with Gasteiger partial charge in [-0.15, -0.1) is 0 Å². The van der Waals surface area contributed by atoms with Crippen LogP contribution in [0.1, 0.15) is 95.8 Å². The molecule has 0 fully saturated rings. The SMILES string of the molecule is CC/C(=C/CC/C(C)=C/CC/C(C)=C/CCC1(C)CCc2c(C)c(O)cc(C)c2O1)CO. The Morgan fingerprint density at radius 1 is 1.06 bits per heavy atom. The first-order valence-corrected chi connectivity index (χ1v) is 12.3. The summed E-state index contributed by atoms with van der Waals surface area (Å²) in [5, 5.41) is 19.3. The van der Waals surface area contributed by atoms with E-state index in [1.165, 1.54) is 16.7 Å². The van der Waals surface area contributed by atoms with Gasteiger partial charge in [-0.25, -0.2) is 0 Å². The minimum Gasteiger partial charge on any atom is -0.508 e. The standard InChI is InChI=1S/C29H44O3/c1-7-25(20-30)15-9-13-21(2)11-8-12-22(3)14-10-17-29(6)18-16-26-24(5)27(31)19-23(4)28(26)32-29/h11,14-15,19,30-31H,7-10,12-13,16-18,20H2,1-6H3/b21-11+,22-14+,25-15-. The molecule has 2 N–H and O–H groups in total. The summed E-state index contributed by atoms with van der Waals surface area (Å²) >= 11 is 0. The molecule has 178 valence electrons. The fraction of sp³-hybridized carbons (Fsp3) is 0.586. The Morgan fingerprint density at radius 2 is 1.69 bits per heavy atom. The molecule has 0 aromatic heterocycles. The van der Waals surface area contributed by atoms with Gasteiger partial charge in [0.15, 0.2) is 0 Å². The zero-order valence-corrected chi connectivity index (χ0v) is 21.2. The third-order valence-electron chi connectivity index (χ3n) is 6.90. The van der Waals surface area contributed by atoms with E-state index in [1.807, 2.05) is 19.9 Å². The number of fused-ring (bicyclic) bond motifs is 1. The van der Waals surface area contributed by atoms with Crippen molar-refractivity contribution in [3.63, 3.8) is 0 Å². The van der Waals surface area contributed by atoms with Crippen molar-refractivity contribution in [2.45, 2.75) is 105 Å². The van der Waals surface area contributed by atoms with E-state index in [9.17, 15) is 10.2 Å². The van der Waals surface area contributed by atoms with Gasteiger partial charge in [0.05, 0.1) is 6.61 Å². The lowest BCUT2D eigenvalue weighted by Crippen LogP contribution is -2.36. The van der Waals surface area contributed by atoms with E-state index < -0.39 is 0 Å². The van der Waals surface area contributed by atoms with Crippen LogP contribution in [-0.2, 0) is 6.42 Å². The predicted molar refractivity (Wildman–Crippen MR) is 136 cm³/mol. The van der Waals surface area contributed by atoms with Gasteiger partial charge in [0, 0.05) is 5.56 Å². The summed E-state index contributed by atoms with van der Waals surface area (Å²) in [6, 6.07) is 1.82. The number of hydrogen-bond acceptors (Lipinski definition) is 3. The molecule has 0 saturated carbocycles. The normalized spacial score (nSPS) is 19.7. The van der Waals surface area contributed by atoms with Crippen molar-refractivity contribution in [2.24, 2.45) is 0 Å². The van der Waals surface area contributed by atoms with Crippen molar-refractivity contribution in [2.75, 3.05) is 6.61 Å². The molecule has 0 spiro atoms. The fourth-order valence-electron chi connectivity index (χ4n) is 4.45. The van der Waals surface area contributed by atoms with Crippen molar-refractivity contribution >= 4 is 0 Å². The maximum Gasteiger partial charge on any atom is 0.126 e. The number of benzene rings is 1. The smallest absolute Gasteiger partial charge is 0.126 e. The number of aliphatic hydroxyl groups is 1. The molecule has 2 rings (SSSR count). The van der Waals surface area contributed by atoms with E-state index in [0.717, 1.165) is 80.2 Å². The van der Waals surface area contributed by atoms with Crippen molar-refractivity contribution in [3.8, 4) is 11.5 Å². The third-order valence-corrected chi connectivity index (χ3v) is 6.90. The van der Waals surface area contributed by atoms with Crippen molar-refractivity contribution in [1.82, 2.24) is 0 Å². The van der Waals surface area contributed by atoms with Crippen LogP contribution < -0.4 is 4.74 Å². The average Bonchev–Trinajstić information content (AvgIpc) is 2.75. The topological polar surface area (TPSA) is 49.7 Å². The zero-order chi connectivity index (χ0) is 23.7. The van der Waals surface area contributed by atoms with Gasteiger partial charge < -0.3 is 14.9 Å². The number of aromatic hydroxyl groups is 1. The minimum absolute atomic E-state index is 0.145. The Hall–Kier alpha value is -2.00. The number of aliphatic hydroxyl groups excluding tert-OH is 1. The molecule has 0 radical (unpaired) electrons. The molecule has 32 heavy (non-hydrogen) atoms. The molecule has 1 unspecified atom stereocenters. The Kier molecular flexibility index (Phi) is 10.1. The van der Waals surface area contributed by atoms with Crippen LogP contribution in [-0.4, -0.2) is 22.4 Å². The van der Waals surface area contributed by atoms with E-state index in [0.29, 0.717) is 5.75 Å². The molecule has 0 saturated heterocycles. The molecular weight excluding hydrogens is 396 g/mol. The zero-order valence-electron chi connectivity index (χ0n) is 21.2. The lowest BCUT2D eigenvalue weighted by atomic mass is 9.86. The van der Waals surface area contributed by atoms with Crippen LogP contribution in [0.4, 0.5) is 0 Å². The number of allylic oxidation sites excluding steroid dienone is 5. The Bertz CT molecular complexity index is 854. The number of hydrogen-bond donors (Lipinski definition) is 2. The summed E-state index contributed by atoms with van der Waals surface area (Å²) < 4.78 is 6.48. The van der Waals surface area contributed by atoms with Crippen LogP contribution in [0.5, 0.6) is 11.5 Å². The number of phenols is 1. The maximum absolute atomic E-state index is 10.1. The highest BCUT2D eigenvalue weighted by atomic mass is 16.5. The summed E-state index contributed by atoms with van der Waals surface area (Å²) in [5.41, 5.74) is 7.03. The van der Waals surface area contributed by atoms with E-state index in [2.05, 4.69) is 45.9 Å². The van der Waals surface area contributed by atoms with Gasteiger partial charge in [-0.2, -0.15) is 0 Å². The minimum atomic E-state index is -0.145. The molecule has 1 aromatic rings. The van der Waals surface area contributed by atoms with Crippen molar-refractivity contribution < 1.29 is 14.9 Å². The highest BCUT2D eigenvalue weighted by Gasteiger charge is 2.33. The molecule has 1 aliphatic rings. The molecule has 0 amide bonds. The predicted octanol–water partition coefficient (Wildman–Crippen LogP) is 7.65. The third kappa shape index (κ3) is 7.55. The maximum atomic E-state index is 10.1. The van der Waals surface area contributed by atoms with Crippen molar-refractivity contribution in [1.29, 1.82) is 0 Å². The lowest BCUT2D eigenvalue weighted by molar-refractivity contribution is 0.0559. The van der Waals surface area contributed by atoms with Crippen LogP contribution in [0.25, 0.3) is 0 Å². The quantitative estimate of drug-likeness (QED) is 0.347. The number of ether oxygens (including phenoxy) is 1. The first-order valence-electron chi connectivity index (χ1n) is 12.3. The summed E-state index contributed by atoms with van der Waals surface area (Å²) in [5.74, 6) is 1.36. The van der Waals surface area contributed by atoms with Crippen LogP contribution in [0.3, 0.4) is 0 Å². The highest BCUT2D eigenvalue weighted by Crippen LogP contribution is 2.42. The van der Waals surface area contributed by atoms with Crippen LogP contribution in [0.2, 0.25) is 0 Å². The van der Waals surface area contributed by atoms with Gasteiger partial charge in [-0.3, -0.25) is 0 Å². The number of rotatable bonds is 11. The van der Waals surface area contributed by atoms with Crippen LogP contribution >= 0.6 is 0 Å². The molecule has 1 heterocycles. The van der Waals surface area contributed by atoms with Gasteiger partial charge in [0.1, 0.15) is 17.1 Å². The van der Waals surface area contributed by atoms with E-state index in [-0.39, 0.29) is 12.2 Å². The van der Waals surface area contributed by atoms with Gasteiger partial charge >= 0.3 is 0 Å². The van der Waals surface area contributed by atoms with Crippen LogP contribution in [0.15, 0.2) is 41.0 Å². The summed E-state index contributed by atoms with van der Waals surface area (Å²) in [7, 11) is 0. The fourth-order valence-corrected chi connectivity index (χ4v) is 4.45. The Morgan fingerprint density at radius 3 is 2.31 bits per heavy atom. The van der Waals surface area contributed by atoms with Crippen molar-refractivity contribution in [3.05, 3.63) is 57.7 Å². The largest absolute Gasteiger partial charge is 0.508 e. The average molecular weight is 441 g/mol. The second-order valence-electron chi connectivity index (χ2n) is 9.79. The second-order valence-corrected chi connectivity index (χ2v) is 9.79. The Balaban J connectivity index is 1.80. The van der Waals surface area contributed by atoms with E-state index in [4.69, 9.17) is 4.74 Å². The molecular formula is C29H44O3. The first kappa shape index (κ1) is 26.3. The van der Waals surface area contributed by atoms with Gasteiger partial charge in [-0.05, 0) is 115 Å². The molecule has 0 bridgehead atoms. The monoisotopic (exact) mass is 440 g/mol. The number of aryl methyl sites for hydroxylation is 1. The molecule has 3 nitrogen and oxygen atoms in total. The molecule has 3 heteroatoms. The first-order chi connectivity index (χ1) is 15.2. The molecule has 1 aromatic carbocycles. The second kappa shape index (κ2) is 12.3. The molecule has 1 atom stereocenters. The summed E-state index contributed by atoms with van der Waals surface area (Å²) in [4.78, 5) is 0. The summed E-state index contributed by atoms with van der Waals surface area (Å²) in [6.45, 7) is 12.9. The number of phenolic OH excluding ortho intramolecular Hbond substituents is 1. The molecule has 1 aliphatic heterocycles. The summed E-state index contributed by atoms with van der Waals surface area (Å²) in [6.07, 6.45) is 16.1. The lowest BCUT2D eigenvalue weighted by Gasteiger charge is -2.37. The van der Waals surface area contributed by atoms with Gasteiger partial charge in [-0.1, -0.05) is 36.3 Å². The van der Waals surface area contributed by atoms with E-state index in [1.54, 1.807) is 0 Å². The van der Waals surface area contributed by atoms with Crippen LogP contribution in [0, 0.1) is 13.8 Å². The Labute approximate surface area is 195 Å². The van der Waals surface area contributed by atoms with E-state index >= 15 is 0 Å².